The third-order valence-corrected chi connectivity index (χ3v) is 3.73. The Morgan fingerprint density at radius 1 is 1.25 bits per heavy atom. The standard InChI is InChI=1S/C13H22N2O/c1-10-4-9-13(16-10)15(3)12-7-5-11(14-2)6-8-12/h4,9,11-12,14H,5-8H2,1-3H3. The van der Waals surface area contributed by atoms with Crippen LogP contribution in [0.3, 0.4) is 0 Å². The number of hydrogen-bond acceptors (Lipinski definition) is 3. The van der Waals surface area contributed by atoms with Gasteiger partial charge in [0.25, 0.3) is 0 Å². The average Bonchev–Trinajstić information content (AvgIpc) is 2.75. The summed E-state index contributed by atoms with van der Waals surface area (Å²) in [4.78, 5) is 2.29. The smallest absolute Gasteiger partial charge is 0.195 e. The number of anilines is 1. The second kappa shape index (κ2) is 4.91. The first kappa shape index (κ1) is 11.5. The third kappa shape index (κ3) is 2.40. The second-order valence-electron chi connectivity index (χ2n) is 4.79. The Balaban J connectivity index is 1.93. The fourth-order valence-electron chi connectivity index (χ4n) is 2.54. The van der Waals surface area contributed by atoms with Gasteiger partial charge in [0.15, 0.2) is 5.88 Å². The summed E-state index contributed by atoms with van der Waals surface area (Å²) in [5.41, 5.74) is 0. The minimum atomic E-state index is 0.634. The number of rotatable bonds is 3. The Kier molecular flexibility index (Phi) is 3.54. The normalized spacial score (nSPS) is 25.7. The Labute approximate surface area is 97.8 Å². The van der Waals surface area contributed by atoms with E-state index in [0.29, 0.717) is 12.1 Å². The summed E-state index contributed by atoms with van der Waals surface area (Å²) in [7, 11) is 4.20. The van der Waals surface area contributed by atoms with Crippen molar-refractivity contribution in [2.75, 3.05) is 19.0 Å². The van der Waals surface area contributed by atoms with Crippen LogP contribution in [-0.4, -0.2) is 26.2 Å². The number of nitrogens with zero attached hydrogens (tertiary/aromatic N) is 1. The molecule has 3 heteroatoms. The molecule has 0 bridgehead atoms. The van der Waals surface area contributed by atoms with E-state index in [1.165, 1.54) is 25.7 Å². The van der Waals surface area contributed by atoms with Crippen molar-refractivity contribution in [3.8, 4) is 0 Å². The molecule has 0 amide bonds. The first-order valence-corrected chi connectivity index (χ1v) is 6.17. The molecule has 1 aliphatic rings. The van der Waals surface area contributed by atoms with Crippen molar-refractivity contribution in [1.29, 1.82) is 0 Å². The summed E-state index contributed by atoms with van der Waals surface area (Å²) in [6, 6.07) is 5.45. The Hall–Kier alpha value is -0.960. The molecule has 0 radical (unpaired) electrons. The van der Waals surface area contributed by atoms with E-state index in [0.717, 1.165) is 11.6 Å². The third-order valence-electron chi connectivity index (χ3n) is 3.73. The largest absolute Gasteiger partial charge is 0.446 e. The van der Waals surface area contributed by atoms with E-state index in [9.17, 15) is 0 Å². The van der Waals surface area contributed by atoms with E-state index >= 15 is 0 Å². The van der Waals surface area contributed by atoms with Crippen molar-refractivity contribution in [3.63, 3.8) is 0 Å². The second-order valence-corrected chi connectivity index (χ2v) is 4.79. The molecule has 1 aromatic heterocycles. The van der Waals surface area contributed by atoms with Gasteiger partial charge in [0, 0.05) is 25.2 Å². The fraction of sp³-hybridized carbons (Fsp3) is 0.692. The zero-order chi connectivity index (χ0) is 11.5. The van der Waals surface area contributed by atoms with Crippen LogP contribution in [0.2, 0.25) is 0 Å². The molecule has 0 saturated heterocycles. The van der Waals surface area contributed by atoms with Crippen LogP contribution in [0.5, 0.6) is 0 Å². The molecule has 0 unspecified atom stereocenters. The molecule has 1 fully saturated rings. The van der Waals surface area contributed by atoms with Crippen LogP contribution in [0.25, 0.3) is 0 Å². The molecule has 0 spiro atoms. The lowest BCUT2D eigenvalue weighted by atomic mass is 9.90. The molecule has 90 valence electrons. The van der Waals surface area contributed by atoms with Gasteiger partial charge in [-0.1, -0.05) is 0 Å². The van der Waals surface area contributed by atoms with Crippen LogP contribution in [-0.2, 0) is 0 Å². The zero-order valence-electron chi connectivity index (χ0n) is 10.5. The van der Waals surface area contributed by atoms with Crippen LogP contribution in [0.4, 0.5) is 5.88 Å². The highest BCUT2D eigenvalue weighted by atomic mass is 16.4. The van der Waals surface area contributed by atoms with Gasteiger partial charge in [-0.25, -0.2) is 0 Å². The Bertz CT molecular complexity index is 326. The predicted octanol–water partition coefficient (Wildman–Crippen LogP) is 2.55. The molecular weight excluding hydrogens is 200 g/mol. The van der Waals surface area contributed by atoms with Crippen LogP contribution in [0.1, 0.15) is 31.4 Å². The van der Waals surface area contributed by atoms with Gasteiger partial charge < -0.3 is 14.6 Å². The molecule has 0 aromatic carbocycles. The number of hydrogen-bond donors (Lipinski definition) is 1. The average molecular weight is 222 g/mol. The van der Waals surface area contributed by atoms with Crippen molar-refractivity contribution in [3.05, 3.63) is 17.9 Å². The van der Waals surface area contributed by atoms with Gasteiger partial charge >= 0.3 is 0 Å². The van der Waals surface area contributed by atoms with Gasteiger partial charge in [0.2, 0.25) is 0 Å². The van der Waals surface area contributed by atoms with Gasteiger partial charge in [-0.2, -0.15) is 0 Å². The summed E-state index contributed by atoms with van der Waals surface area (Å²) >= 11 is 0. The lowest BCUT2D eigenvalue weighted by Gasteiger charge is -2.34. The van der Waals surface area contributed by atoms with Gasteiger partial charge in [-0.3, -0.25) is 0 Å². The maximum Gasteiger partial charge on any atom is 0.195 e. The lowest BCUT2D eigenvalue weighted by molar-refractivity contribution is 0.343. The summed E-state index contributed by atoms with van der Waals surface area (Å²) in [6.45, 7) is 2.00. The Morgan fingerprint density at radius 2 is 1.94 bits per heavy atom. The van der Waals surface area contributed by atoms with E-state index in [2.05, 4.69) is 30.4 Å². The van der Waals surface area contributed by atoms with Gasteiger partial charge in [-0.05, 0) is 45.7 Å². The van der Waals surface area contributed by atoms with E-state index in [1.807, 2.05) is 13.0 Å². The topological polar surface area (TPSA) is 28.4 Å². The molecule has 2 rings (SSSR count). The molecule has 1 heterocycles. The molecule has 3 nitrogen and oxygen atoms in total. The monoisotopic (exact) mass is 222 g/mol. The van der Waals surface area contributed by atoms with Gasteiger partial charge in [0.1, 0.15) is 5.76 Å². The molecule has 1 aromatic rings. The highest BCUT2D eigenvalue weighted by molar-refractivity contribution is 5.36. The SMILES string of the molecule is CNC1CCC(N(C)c2ccc(C)o2)CC1. The quantitative estimate of drug-likeness (QED) is 0.852. The number of aryl methyl sites for hydroxylation is 1. The van der Waals surface area contributed by atoms with Crippen molar-refractivity contribution in [2.24, 2.45) is 0 Å². The number of nitrogens with one attached hydrogen (secondary N) is 1. The summed E-state index contributed by atoms with van der Waals surface area (Å²) in [6.07, 6.45) is 5.04. The summed E-state index contributed by atoms with van der Waals surface area (Å²) in [5.74, 6) is 2.00. The molecular formula is C13H22N2O. The molecule has 0 aliphatic heterocycles. The summed E-state index contributed by atoms with van der Waals surface area (Å²) in [5, 5.41) is 3.37. The van der Waals surface area contributed by atoms with Crippen molar-refractivity contribution in [2.45, 2.75) is 44.7 Å². The molecule has 16 heavy (non-hydrogen) atoms. The first-order valence-electron chi connectivity index (χ1n) is 6.17. The molecule has 1 saturated carbocycles. The summed E-state index contributed by atoms with van der Waals surface area (Å²) < 4.78 is 5.66. The first-order chi connectivity index (χ1) is 7.70. The molecule has 0 atom stereocenters. The number of furan rings is 1. The van der Waals surface area contributed by atoms with Gasteiger partial charge in [0.05, 0.1) is 0 Å². The predicted molar refractivity (Wildman–Crippen MR) is 67.0 cm³/mol. The zero-order valence-corrected chi connectivity index (χ0v) is 10.5. The van der Waals surface area contributed by atoms with Gasteiger partial charge in [-0.15, -0.1) is 0 Å². The highest BCUT2D eigenvalue weighted by Gasteiger charge is 2.24. The fourth-order valence-corrected chi connectivity index (χ4v) is 2.54. The minimum Gasteiger partial charge on any atom is -0.446 e. The van der Waals surface area contributed by atoms with E-state index < -0.39 is 0 Å². The van der Waals surface area contributed by atoms with Crippen molar-refractivity contribution >= 4 is 5.88 Å². The van der Waals surface area contributed by atoms with E-state index in [4.69, 9.17) is 4.42 Å². The van der Waals surface area contributed by atoms with E-state index in [1.54, 1.807) is 0 Å². The molecule has 1 N–H and O–H groups in total. The van der Waals surface area contributed by atoms with Crippen LogP contribution in [0, 0.1) is 6.92 Å². The van der Waals surface area contributed by atoms with Crippen molar-refractivity contribution in [1.82, 2.24) is 5.32 Å². The minimum absolute atomic E-state index is 0.634. The maximum atomic E-state index is 5.66. The maximum absolute atomic E-state index is 5.66. The van der Waals surface area contributed by atoms with E-state index in [-0.39, 0.29) is 0 Å². The van der Waals surface area contributed by atoms with Crippen molar-refractivity contribution < 1.29 is 4.42 Å². The van der Waals surface area contributed by atoms with Crippen LogP contribution < -0.4 is 10.2 Å². The van der Waals surface area contributed by atoms with Crippen LogP contribution in [0.15, 0.2) is 16.5 Å². The molecule has 1 aliphatic carbocycles. The lowest BCUT2D eigenvalue weighted by Crippen LogP contribution is -2.39. The highest BCUT2D eigenvalue weighted by Crippen LogP contribution is 2.27. The Morgan fingerprint density at radius 3 is 2.44 bits per heavy atom. The van der Waals surface area contributed by atoms with Crippen LogP contribution >= 0.6 is 0 Å².